The van der Waals surface area contributed by atoms with Crippen LogP contribution in [0.15, 0.2) is 47.8 Å². The maximum Gasteiger partial charge on any atom is 0.416 e. The summed E-state index contributed by atoms with van der Waals surface area (Å²) in [5.74, 6) is 0.733. The van der Waals surface area contributed by atoms with E-state index in [0.717, 1.165) is 12.1 Å². The summed E-state index contributed by atoms with van der Waals surface area (Å²) < 4.78 is 48.8. The number of halogens is 3. The zero-order valence-electron chi connectivity index (χ0n) is 16.0. The molecule has 0 atom stereocenters. The lowest BCUT2D eigenvalue weighted by Gasteiger charge is -2.11. The van der Waals surface area contributed by atoms with Crippen LogP contribution in [0.2, 0.25) is 0 Å². The molecular formula is C20H18F3N3O3S. The van der Waals surface area contributed by atoms with Gasteiger partial charge in [0, 0.05) is 17.1 Å². The van der Waals surface area contributed by atoms with Crippen LogP contribution in [0.4, 0.5) is 29.7 Å². The minimum Gasteiger partial charge on any atom is -0.497 e. The van der Waals surface area contributed by atoms with E-state index in [0.29, 0.717) is 28.0 Å². The van der Waals surface area contributed by atoms with Crippen LogP contribution < -0.4 is 20.1 Å². The van der Waals surface area contributed by atoms with Gasteiger partial charge in [-0.15, -0.1) is 11.3 Å². The summed E-state index contributed by atoms with van der Waals surface area (Å²) in [4.78, 5) is 16.6. The average Bonchev–Trinajstić information content (AvgIpc) is 3.14. The number of rotatable bonds is 7. The molecule has 1 heterocycles. The number of thiazole rings is 1. The summed E-state index contributed by atoms with van der Waals surface area (Å²) in [5.41, 5.74) is 0.482. The first kappa shape index (κ1) is 21.4. The Kier molecular flexibility index (Phi) is 6.46. The van der Waals surface area contributed by atoms with E-state index in [1.807, 2.05) is 0 Å². The molecule has 0 bridgehead atoms. The molecule has 2 N–H and O–H groups in total. The molecule has 3 aromatic rings. The van der Waals surface area contributed by atoms with E-state index in [9.17, 15) is 18.0 Å². The second kappa shape index (κ2) is 9.04. The van der Waals surface area contributed by atoms with Gasteiger partial charge in [-0.1, -0.05) is 6.07 Å². The highest BCUT2D eigenvalue weighted by Gasteiger charge is 2.30. The molecule has 0 unspecified atom stereocenters. The van der Waals surface area contributed by atoms with Crippen LogP contribution in [0.25, 0.3) is 0 Å². The summed E-state index contributed by atoms with van der Waals surface area (Å²) in [6.07, 6.45) is -4.43. The molecule has 0 spiro atoms. The molecular weight excluding hydrogens is 419 g/mol. The van der Waals surface area contributed by atoms with Gasteiger partial charge >= 0.3 is 6.18 Å². The van der Waals surface area contributed by atoms with Crippen molar-refractivity contribution in [3.8, 4) is 11.5 Å². The highest BCUT2D eigenvalue weighted by Crippen LogP contribution is 2.32. The van der Waals surface area contributed by atoms with Crippen molar-refractivity contribution in [2.75, 3.05) is 24.9 Å². The largest absolute Gasteiger partial charge is 0.497 e. The topological polar surface area (TPSA) is 72.5 Å². The van der Waals surface area contributed by atoms with E-state index in [1.165, 1.54) is 37.7 Å². The number of anilines is 3. The molecule has 2 aromatic carbocycles. The number of ether oxygens (including phenoxy) is 2. The summed E-state index contributed by atoms with van der Waals surface area (Å²) in [6, 6.07) is 9.83. The lowest BCUT2D eigenvalue weighted by atomic mass is 10.2. The van der Waals surface area contributed by atoms with Crippen LogP contribution in [0, 0.1) is 0 Å². The van der Waals surface area contributed by atoms with Crippen molar-refractivity contribution in [1.82, 2.24) is 4.98 Å². The number of benzene rings is 2. The molecule has 0 fully saturated rings. The number of aromatic nitrogens is 1. The zero-order chi connectivity index (χ0) is 21.7. The van der Waals surface area contributed by atoms with Gasteiger partial charge in [-0.3, -0.25) is 4.79 Å². The van der Waals surface area contributed by atoms with Crippen molar-refractivity contribution in [3.05, 3.63) is 59.1 Å². The third kappa shape index (κ3) is 5.41. The molecule has 30 heavy (non-hydrogen) atoms. The van der Waals surface area contributed by atoms with Crippen molar-refractivity contribution in [2.24, 2.45) is 0 Å². The normalized spacial score (nSPS) is 11.1. The molecule has 0 radical (unpaired) electrons. The number of carbonyl (C=O) groups excluding carboxylic acids is 1. The van der Waals surface area contributed by atoms with E-state index in [1.54, 1.807) is 23.6 Å². The van der Waals surface area contributed by atoms with E-state index >= 15 is 0 Å². The second-order valence-electron chi connectivity index (χ2n) is 6.14. The molecule has 0 aliphatic carbocycles. The maximum atomic E-state index is 12.8. The van der Waals surface area contributed by atoms with Crippen LogP contribution >= 0.6 is 11.3 Å². The van der Waals surface area contributed by atoms with E-state index in [4.69, 9.17) is 9.47 Å². The van der Waals surface area contributed by atoms with E-state index < -0.39 is 11.7 Å². The predicted molar refractivity (Wildman–Crippen MR) is 109 cm³/mol. The van der Waals surface area contributed by atoms with Crippen LogP contribution in [0.3, 0.4) is 0 Å². The van der Waals surface area contributed by atoms with Gasteiger partial charge in [-0.2, -0.15) is 13.2 Å². The smallest absolute Gasteiger partial charge is 0.416 e. The number of amides is 1. The molecule has 0 saturated heterocycles. The average molecular weight is 437 g/mol. The van der Waals surface area contributed by atoms with Gasteiger partial charge in [-0.25, -0.2) is 4.98 Å². The number of methoxy groups -OCH3 is 2. The first-order valence-corrected chi connectivity index (χ1v) is 9.57. The number of nitrogens with one attached hydrogen (secondary N) is 2. The van der Waals surface area contributed by atoms with E-state index in [-0.39, 0.29) is 18.0 Å². The minimum atomic E-state index is -4.42. The molecule has 0 saturated carbocycles. The van der Waals surface area contributed by atoms with Crippen LogP contribution in [-0.2, 0) is 17.4 Å². The number of hydrogen-bond acceptors (Lipinski definition) is 6. The highest BCUT2D eigenvalue weighted by atomic mass is 32.1. The molecule has 1 amide bonds. The van der Waals surface area contributed by atoms with E-state index in [2.05, 4.69) is 15.6 Å². The Morgan fingerprint density at radius 2 is 1.93 bits per heavy atom. The lowest BCUT2D eigenvalue weighted by Crippen LogP contribution is -2.15. The fraction of sp³-hybridized carbons (Fsp3) is 0.200. The van der Waals surface area contributed by atoms with Crippen molar-refractivity contribution >= 4 is 33.8 Å². The Morgan fingerprint density at radius 3 is 2.63 bits per heavy atom. The van der Waals surface area contributed by atoms with Gasteiger partial charge in [0.2, 0.25) is 5.91 Å². The predicted octanol–water partition coefficient (Wildman–Crippen LogP) is 5.10. The summed E-state index contributed by atoms with van der Waals surface area (Å²) in [5, 5.41) is 7.63. The Labute approximate surface area is 174 Å². The van der Waals surface area contributed by atoms with Gasteiger partial charge < -0.3 is 20.1 Å². The fourth-order valence-electron chi connectivity index (χ4n) is 2.60. The Hall–Kier alpha value is -3.27. The number of hydrogen-bond donors (Lipinski definition) is 2. The molecule has 158 valence electrons. The first-order chi connectivity index (χ1) is 14.3. The van der Waals surface area contributed by atoms with Crippen molar-refractivity contribution in [2.45, 2.75) is 12.6 Å². The highest BCUT2D eigenvalue weighted by molar-refractivity contribution is 7.13. The monoisotopic (exact) mass is 437 g/mol. The summed E-state index contributed by atoms with van der Waals surface area (Å²) in [6.45, 7) is 0. The van der Waals surface area contributed by atoms with Crippen LogP contribution in [-0.4, -0.2) is 25.1 Å². The fourth-order valence-corrected chi connectivity index (χ4v) is 3.33. The lowest BCUT2D eigenvalue weighted by molar-refractivity contribution is -0.137. The van der Waals surface area contributed by atoms with Crippen LogP contribution in [0.5, 0.6) is 11.5 Å². The molecule has 6 nitrogen and oxygen atoms in total. The molecule has 10 heteroatoms. The van der Waals surface area contributed by atoms with Crippen molar-refractivity contribution < 1.29 is 27.4 Å². The SMILES string of the molecule is COc1ccc(NC(=O)Cc2csc(Nc3cccc(C(F)(F)F)c3)n2)c(OC)c1. The number of nitrogens with zero attached hydrogens (tertiary/aromatic N) is 1. The van der Waals surface area contributed by atoms with Crippen LogP contribution in [0.1, 0.15) is 11.3 Å². The molecule has 1 aromatic heterocycles. The van der Waals surface area contributed by atoms with Gasteiger partial charge in [0.25, 0.3) is 0 Å². The second-order valence-corrected chi connectivity index (χ2v) is 7.00. The zero-order valence-corrected chi connectivity index (χ0v) is 16.9. The van der Waals surface area contributed by atoms with Crippen molar-refractivity contribution in [1.29, 1.82) is 0 Å². The Bertz CT molecular complexity index is 1040. The standard InChI is InChI=1S/C20H18F3N3O3S/c1-28-15-6-7-16(17(10-15)29-2)26-18(27)9-14-11-30-19(25-14)24-13-5-3-4-12(8-13)20(21,22)23/h3-8,10-11H,9H2,1-2H3,(H,24,25)(H,26,27). The number of carbonyl (C=O) groups is 1. The third-order valence-corrected chi connectivity index (χ3v) is 4.82. The molecule has 0 aliphatic heterocycles. The third-order valence-electron chi connectivity index (χ3n) is 4.02. The Balaban J connectivity index is 1.64. The van der Waals surface area contributed by atoms with Gasteiger partial charge in [0.05, 0.1) is 37.6 Å². The van der Waals surface area contributed by atoms with Gasteiger partial charge in [0.1, 0.15) is 11.5 Å². The maximum absolute atomic E-state index is 12.8. The Morgan fingerprint density at radius 1 is 1.13 bits per heavy atom. The summed E-state index contributed by atoms with van der Waals surface area (Å²) in [7, 11) is 3.01. The quantitative estimate of drug-likeness (QED) is 0.538. The summed E-state index contributed by atoms with van der Waals surface area (Å²) >= 11 is 1.19. The molecule has 0 aliphatic rings. The number of alkyl halides is 3. The first-order valence-electron chi connectivity index (χ1n) is 8.69. The van der Waals surface area contributed by atoms with Gasteiger partial charge in [-0.05, 0) is 30.3 Å². The van der Waals surface area contributed by atoms with Crippen molar-refractivity contribution in [3.63, 3.8) is 0 Å². The van der Waals surface area contributed by atoms with Gasteiger partial charge in [0.15, 0.2) is 5.13 Å². The molecule has 3 rings (SSSR count). The minimum absolute atomic E-state index is 0.00401.